The molecule has 1 unspecified atom stereocenters. The zero-order valence-electron chi connectivity index (χ0n) is 10.4. The van der Waals surface area contributed by atoms with Gasteiger partial charge in [-0.2, -0.15) is 13.2 Å². The van der Waals surface area contributed by atoms with Crippen LogP contribution in [0.1, 0.15) is 26.2 Å². The molecule has 18 heavy (non-hydrogen) atoms. The molecule has 2 N–H and O–H groups in total. The number of hydrogen-bond acceptors (Lipinski definition) is 3. The lowest BCUT2D eigenvalue weighted by atomic mass is 9.77. The first kappa shape index (κ1) is 15.6. The second-order valence-electron chi connectivity index (χ2n) is 4.46. The van der Waals surface area contributed by atoms with E-state index >= 15 is 0 Å². The van der Waals surface area contributed by atoms with E-state index < -0.39 is 10.9 Å². The number of carbonyl (C=O) groups excluding carboxylic acids is 1. The largest absolute Gasteiger partial charge is 0.441 e. The van der Waals surface area contributed by atoms with Gasteiger partial charge < -0.3 is 10.6 Å². The van der Waals surface area contributed by atoms with E-state index in [4.69, 9.17) is 0 Å². The van der Waals surface area contributed by atoms with Crippen LogP contribution in [0.4, 0.5) is 13.2 Å². The minimum absolute atomic E-state index is 0.0603. The van der Waals surface area contributed by atoms with Gasteiger partial charge in [0.1, 0.15) is 0 Å². The molecule has 1 amide bonds. The molecule has 3 nitrogen and oxygen atoms in total. The minimum atomic E-state index is -4.22. The van der Waals surface area contributed by atoms with Crippen LogP contribution in [0.5, 0.6) is 0 Å². The molecule has 1 aliphatic heterocycles. The zero-order valence-corrected chi connectivity index (χ0v) is 11.2. The Kier molecular flexibility index (Phi) is 5.78. The summed E-state index contributed by atoms with van der Waals surface area (Å²) in [5.41, 5.74) is -4.67. The number of nitrogens with one attached hydrogen (secondary N) is 2. The van der Waals surface area contributed by atoms with Crippen molar-refractivity contribution in [2.24, 2.45) is 5.41 Å². The summed E-state index contributed by atoms with van der Waals surface area (Å²) >= 11 is -0.102. The lowest BCUT2D eigenvalue weighted by Gasteiger charge is -2.35. The Morgan fingerprint density at radius 3 is 2.72 bits per heavy atom. The molecule has 0 aromatic heterocycles. The van der Waals surface area contributed by atoms with Gasteiger partial charge in [0, 0.05) is 18.8 Å². The van der Waals surface area contributed by atoms with Crippen molar-refractivity contribution in [1.29, 1.82) is 0 Å². The molecule has 0 saturated carbocycles. The molecule has 0 bridgehead atoms. The Balaban J connectivity index is 2.34. The van der Waals surface area contributed by atoms with Crippen molar-refractivity contribution in [3.8, 4) is 0 Å². The summed E-state index contributed by atoms with van der Waals surface area (Å²) in [4.78, 5) is 12.0. The summed E-state index contributed by atoms with van der Waals surface area (Å²) in [6.07, 6.45) is 2.44. The zero-order chi connectivity index (χ0) is 13.6. The van der Waals surface area contributed by atoms with Crippen molar-refractivity contribution in [1.82, 2.24) is 10.6 Å². The monoisotopic (exact) mass is 284 g/mol. The maximum Gasteiger partial charge on any atom is 0.441 e. The number of amides is 1. The molecule has 0 aromatic carbocycles. The molecule has 1 atom stereocenters. The highest BCUT2D eigenvalue weighted by Crippen LogP contribution is 2.31. The average Bonchev–Trinajstić information content (AvgIpc) is 2.34. The molecule has 106 valence electrons. The third-order valence-corrected chi connectivity index (χ3v) is 4.02. The fourth-order valence-corrected chi connectivity index (χ4v) is 2.58. The molecule has 1 aliphatic rings. The Labute approximate surface area is 109 Å². The summed E-state index contributed by atoms with van der Waals surface area (Å²) in [7, 11) is 0. The summed E-state index contributed by atoms with van der Waals surface area (Å²) in [6, 6.07) is 0. The molecule has 1 fully saturated rings. The lowest BCUT2D eigenvalue weighted by molar-refractivity contribution is -0.132. The Hall–Kier alpha value is -0.430. The van der Waals surface area contributed by atoms with Crippen LogP contribution in [0.2, 0.25) is 0 Å². The van der Waals surface area contributed by atoms with E-state index in [0.29, 0.717) is 13.0 Å². The second kappa shape index (κ2) is 6.65. The fourth-order valence-electron chi connectivity index (χ4n) is 2.14. The van der Waals surface area contributed by atoms with Gasteiger partial charge in [-0.1, -0.05) is 6.92 Å². The van der Waals surface area contributed by atoms with Crippen LogP contribution in [0.25, 0.3) is 0 Å². The highest BCUT2D eigenvalue weighted by molar-refractivity contribution is 8.00. The van der Waals surface area contributed by atoms with Crippen molar-refractivity contribution >= 4 is 17.7 Å². The van der Waals surface area contributed by atoms with Gasteiger partial charge in [0.25, 0.3) is 0 Å². The first-order valence-corrected chi connectivity index (χ1v) is 7.08. The van der Waals surface area contributed by atoms with Gasteiger partial charge in [-0.05, 0) is 37.6 Å². The normalized spacial score (nSPS) is 24.9. The topological polar surface area (TPSA) is 41.1 Å². The number of hydrogen-bond donors (Lipinski definition) is 2. The van der Waals surface area contributed by atoms with Crippen LogP contribution < -0.4 is 10.6 Å². The van der Waals surface area contributed by atoms with Crippen LogP contribution in [0.15, 0.2) is 0 Å². The van der Waals surface area contributed by atoms with E-state index in [0.717, 1.165) is 19.4 Å². The number of piperidine rings is 1. The summed E-state index contributed by atoms with van der Waals surface area (Å²) in [5.74, 6) is -0.261. The van der Waals surface area contributed by atoms with E-state index in [1.807, 2.05) is 6.92 Å². The highest BCUT2D eigenvalue weighted by Gasteiger charge is 2.37. The SMILES string of the molecule is CCC1(C(=O)NCCSC(F)(F)F)CCCNC1. The number of thioether (sulfide) groups is 1. The maximum atomic E-state index is 12.0. The summed E-state index contributed by atoms with van der Waals surface area (Å²) in [5, 5.41) is 5.79. The van der Waals surface area contributed by atoms with Crippen LogP contribution in [-0.4, -0.2) is 36.8 Å². The molecule has 0 radical (unpaired) electrons. The molecular formula is C11H19F3N2OS. The Morgan fingerprint density at radius 1 is 1.50 bits per heavy atom. The summed E-state index contributed by atoms with van der Waals surface area (Å²) < 4.78 is 35.7. The fraction of sp³-hybridized carbons (Fsp3) is 0.909. The van der Waals surface area contributed by atoms with Gasteiger partial charge in [-0.25, -0.2) is 0 Å². The highest BCUT2D eigenvalue weighted by atomic mass is 32.2. The molecule has 0 spiro atoms. The predicted octanol–water partition coefficient (Wildman–Crippen LogP) is 2.14. The van der Waals surface area contributed by atoms with Gasteiger partial charge in [0.15, 0.2) is 0 Å². The molecule has 1 heterocycles. The molecular weight excluding hydrogens is 265 g/mol. The first-order valence-electron chi connectivity index (χ1n) is 6.09. The van der Waals surface area contributed by atoms with E-state index in [1.54, 1.807) is 0 Å². The van der Waals surface area contributed by atoms with Crippen LogP contribution in [0, 0.1) is 5.41 Å². The molecule has 1 saturated heterocycles. The standard InChI is InChI=1S/C11H19F3N2OS/c1-2-10(4-3-5-15-8-10)9(17)16-6-7-18-11(12,13)14/h15H,2-8H2,1H3,(H,16,17). The van der Waals surface area contributed by atoms with E-state index in [9.17, 15) is 18.0 Å². The Bertz CT molecular complexity index is 278. The number of carbonyl (C=O) groups is 1. The van der Waals surface area contributed by atoms with Crippen LogP contribution in [0.3, 0.4) is 0 Å². The smallest absolute Gasteiger partial charge is 0.355 e. The van der Waals surface area contributed by atoms with Crippen molar-refractivity contribution in [3.63, 3.8) is 0 Å². The maximum absolute atomic E-state index is 12.0. The van der Waals surface area contributed by atoms with Gasteiger partial charge in [0.05, 0.1) is 5.41 Å². The van der Waals surface area contributed by atoms with Crippen LogP contribution >= 0.6 is 11.8 Å². The van der Waals surface area contributed by atoms with E-state index in [-0.39, 0.29) is 30.0 Å². The predicted molar refractivity (Wildman–Crippen MR) is 66.4 cm³/mol. The molecule has 1 rings (SSSR count). The first-order chi connectivity index (χ1) is 8.40. The van der Waals surface area contributed by atoms with Crippen molar-refractivity contribution in [2.45, 2.75) is 31.7 Å². The van der Waals surface area contributed by atoms with Crippen molar-refractivity contribution in [2.75, 3.05) is 25.4 Å². The molecule has 7 heteroatoms. The van der Waals surface area contributed by atoms with Gasteiger partial charge >= 0.3 is 5.51 Å². The third kappa shape index (κ3) is 4.68. The second-order valence-corrected chi connectivity index (χ2v) is 5.62. The molecule has 0 aliphatic carbocycles. The quantitative estimate of drug-likeness (QED) is 0.760. The van der Waals surface area contributed by atoms with Gasteiger partial charge in [-0.15, -0.1) is 0 Å². The van der Waals surface area contributed by atoms with E-state index in [1.165, 1.54) is 0 Å². The van der Waals surface area contributed by atoms with Crippen LogP contribution in [-0.2, 0) is 4.79 Å². The lowest BCUT2D eigenvalue weighted by Crippen LogP contribution is -2.50. The van der Waals surface area contributed by atoms with Crippen molar-refractivity contribution < 1.29 is 18.0 Å². The average molecular weight is 284 g/mol. The number of halogens is 3. The minimum Gasteiger partial charge on any atom is -0.355 e. The number of rotatable bonds is 5. The third-order valence-electron chi connectivity index (χ3n) is 3.28. The van der Waals surface area contributed by atoms with E-state index in [2.05, 4.69) is 10.6 Å². The van der Waals surface area contributed by atoms with Crippen molar-refractivity contribution in [3.05, 3.63) is 0 Å². The van der Waals surface area contributed by atoms with Gasteiger partial charge in [-0.3, -0.25) is 4.79 Å². The summed E-state index contributed by atoms with van der Waals surface area (Å²) in [6.45, 7) is 3.52. The molecule has 0 aromatic rings. The Morgan fingerprint density at radius 2 is 2.22 bits per heavy atom. The number of alkyl halides is 3. The van der Waals surface area contributed by atoms with Gasteiger partial charge in [0.2, 0.25) is 5.91 Å².